The summed E-state index contributed by atoms with van der Waals surface area (Å²) >= 11 is 6.17. The van der Waals surface area contributed by atoms with Crippen LogP contribution < -0.4 is 16.0 Å². The lowest BCUT2D eigenvalue weighted by molar-refractivity contribution is 0.351. The van der Waals surface area contributed by atoms with E-state index in [0.717, 1.165) is 34.0 Å². The van der Waals surface area contributed by atoms with Crippen LogP contribution >= 0.6 is 11.6 Å². The van der Waals surface area contributed by atoms with E-state index in [1.807, 2.05) is 25.4 Å². The molecule has 0 amide bonds. The average Bonchev–Trinajstić information content (AvgIpc) is 3.04. The van der Waals surface area contributed by atoms with Gasteiger partial charge in [0.1, 0.15) is 11.4 Å². The fourth-order valence-electron chi connectivity index (χ4n) is 2.49. The molecule has 1 aliphatic rings. The van der Waals surface area contributed by atoms with Crippen molar-refractivity contribution >= 4 is 11.6 Å². The molecule has 0 aliphatic carbocycles. The second-order valence-electron chi connectivity index (χ2n) is 4.89. The van der Waals surface area contributed by atoms with Gasteiger partial charge in [-0.1, -0.05) is 16.8 Å². The fourth-order valence-corrected chi connectivity index (χ4v) is 2.75. The van der Waals surface area contributed by atoms with Crippen molar-refractivity contribution in [2.75, 3.05) is 6.61 Å². The number of hydrogen-bond donors (Lipinski definition) is 2. The van der Waals surface area contributed by atoms with Gasteiger partial charge in [0.2, 0.25) is 0 Å². The molecule has 1 atom stereocenters. The minimum absolute atomic E-state index is 0.129. The van der Waals surface area contributed by atoms with Crippen molar-refractivity contribution < 1.29 is 4.74 Å². The molecule has 0 radical (unpaired) electrons. The third-order valence-corrected chi connectivity index (χ3v) is 3.65. The van der Waals surface area contributed by atoms with E-state index in [1.165, 1.54) is 0 Å². The highest BCUT2D eigenvalue weighted by Crippen LogP contribution is 2.34. The van der Waals surface area contributed by atoms with E-state index >= 15 is 0 Å². The van der Waals surface area contributed by atoms with Crippen molar-refractivity contribution in [3.05, 3.63) is 40.2 Å². The van der Waals surface area contributed by atoms with E-state index in [2.05, 4.69) is 15.7 Å². The summed E-state index contributed by atoms with van der Waals surface area (Å²) < 4.78 is 7.35. The minimum Gasteiger partial charge on any atom is -0.493 e. The number of nitrogens with one attached hydrogen (secondary N) is 1. The first kappa shape index (κ1) is 13.4. The zero-order valence-electron chi connectivity index (χ0n) is 11.1. The lowest BCUT2D eigenvalue weighted by atomic mass is 10.0. The number of fused-ring (bicyclic) bond motifs is 1. The second kappa shape index (κ2) is 5.40. The summed E-state index contributed by atoms with van der Waals surface area (Å²) in [5.41, 5.74) is 5.76. The van der Waals surface area contributed by atoms with E-state index in [9.17, 15) is 0 Å². The molecule has 0 saturated heterocycles. The molecule has 0 bridgehead atoms. The molecule has 3 N–H and O–H groups in total. The van der Waals surface area contributed by atoms with Crippen LogP contribution in [0, 0.1) is 0 Å². The number of rotatable bonds is 4. The van der Waals surface area contributed by atoms with E-state index < -0.39 is 0 Å². The molecule has 0 saturated carbocycles. The third-order valence-electron chi connectivity index (χ3n) is 3.43. The van der Waals surface area contributed by atoms with Crippen molar-refractivity contribution in [3.8, 4) is 5.75 Å². The maximum Gasteiger partial charge on any atom is 0.125 e. The van der Waals surface area contributed by atoms with Crippen molar-refractivity contribution in [2.45, 2.75) is 18.9 Å². The van der Waals surface area contributed by atoms with Crippen LogP contribution in [0.15, 0.2) is 18.3 Å². The first-order chi connectivity index (χ1) is 9.67. The number of aromatic nitrogens is 3. The molecular formula is C13H16ClN5O. The number of aryl methyl sites for hydroxylation is 1. The number of benzene rings is 1. The van der Waals surface area contributed by atoms with Gasteiger partial charge in [0, 0.05) is 24.7 Å². The van der Waals surface area contributed by atoms with Crippen LogP contribution in [0.5, 0.6) is 5.75 Å². The Balaban J connectivity index is 1.90. The monoisotopic (exact) mass is 293 g/mol. The molecule has 1 unspecified atom stereocenters. The van der Waals surface area contributed by atoms with Gasteiger partial charge in [-0.15, -0.1) is 5.10 Å². The quantitative estimate of drug-likeness (QED) is 0.653. The van der Waals surface area contributed by atoms with E-state index in [-0.39, 0.29) is 6.04 Å². The van der Waals surface area contributed by atoms with E-state index in [0.29, 0.717) is 13.0 Å². The van der Waals surface area contributed by atoms with Crippen molar-refractivity contribution in [1.82, 2.24) is 20.4 Å². The lowest BCUT2D eigenvalue weighted by Crippen LogP contribution is -2.30. The number of halogens is 1. The summed E-state index contributed by atoms with van der Waals surface area (Å²) in [6, 6.07) is 3.75. The smallest absolute Gasteiger partial charge is 0.125 e. The Hall–Kier alpha value is -1.63. The van der Waals surface area contributed by atoms with Crippen LogP contribution in [0.25, 0.3) is 0 Å². The first-order valence-electron chi connectivity index (χ1n) is 6.44. The highest BCUT2D eigenvalue weighted by Gasteiger charge is 2.22. The fraction of sp³-hybridized carbons (Fsp3) is 0.385. The van der Waals surface area contributed by atoms with Gasteiger partial charge in [-0.25, -0.2) is 0 Å². The standard InChI is InChI=1S/C13H16ClN5O/c1-19-7-12(17-18-19)11(16-15)6-9-5-10(14)4-8-2-3-20-13(8)9/h4-5,7,11,16H,2-3,6,15H2,1H3. The molecule has 1 aromatic heterocycles. The molecule has 2 heterocycles. The topological polar surface area (TPSA) is 78.0 Å². The largest absolute Gasteiger partial charge is 0.493 e. The molecule has 20 heavy (non-hydrogen) atoms. The Morgan fingerprint density at radius 1 is 1.55 bits per heavy atom. The van der Waals surface area contributed by atoms with Crippen LogP contribution in [0.4, 0.5) is 0 Å². The summed E-state index contributed by atoms with van der Waals surface area (Å²) in [5, 5.41) is 8.75. The van der Waals surface area contributed by atoms with Gasteiger partial charge in [0.05, 0.1) is 12.6 Å². The zero-order valence-corrected chi connectivity index (χ0v) is 11.9. The summed E-state index contributed by atoms with van der Waals surface area (Å²) in [6.07, 6.45) is 3.39. The van der Waals surface area contributed by atoms with Crippen LogP contribution in [0.3, 0.4) is 0 Å². The molecule has 106 valence electrons. The van der Waals surface area contributed by atoms with E-state index in [4.69, 9.17) is 22.2 Å². The molecular weight excluding hydrogens is 278 g/mol. The molecule has 0 spiro atoms. The van der Waals surface area contributed by atoms with Gasteiger partial charge >= 0.3 is 0 Å². The second-order valence-corrected chi connectivity index (χ2v) is 5.33. The average molecular weight is 294 g/mol. The molecule has 1 aromatic carbocycles. The summed E-state index contributed by atoms with van der Waals surface area (Å²) in [6.45, 7) is 0.703. The van der Waals surface area contributed by atoms with Gasteiger partial charge in [0.15, 0.2) is 0 Å². The van der Waals surface area contributed by atoms with Crippen LogP contribution in [-0.4, -0.2) is 21.6 Å². The predicted octanol–water partition coefficient (Wildman–Crippen LogP) is 1.15. The highest BCUT2D eigenvalue weighted by molar-refractivity contribution is 6.30. The summed E-state index contributed by atoms with van der Waals surface area (Å²) in [4.78, 5) is 0. The maximum atomic E-state index is 6.17. The molecule has 0 fully saturated rings. The van der Waals surface area contributed by atoms with Crippen molar-refractivity contribution in [2.24, 2.45) is 12.9 Å². The highest BCUT2D eigenvalue weighted by atomic mass is 35.5. The Labute approximate surface area is 121 Å². The Morgan fingerprint density at radius 2 is 2.40 bits per heavy atom. The van der Waals surface area contributed by atoms with Crippen LogP contribution in [-0.2, 0) is 19.9 Å². The maximum absolute atomic E-state index is 6.17. The number of nitrogens with two attached hydrogens (primary N) is 1. The molecule has 7 heteroatoms. The number of hydrazine groups is 1. The van der Waals surface area contributed by atoms with E-state index in [1.54, 1.807) is 4.68 Å². The van der Waals surface area contributed by atoms with Crippen molar-refractivity contribution in [3.63, 3.8) is 0 Å². The van der Waals surface area contributed by atoms with Gasteiger partial charge in [-0.05, 0) is 29.7 Å². The lowest BCUT2D eigenvalue weighted by Gasteiger charge is -2.15. The number of ether oxygens (including phenoxy) is 1. The van der Waals surface area contributed by atoms with Gasteiger partial charge in [-0.3, -0.25) is 16.0 Å². The van der Waals surface area contributed by atoms with Gasteiger partial charge in [-0.2, -0.15) is 0 Å². The predicted molar refractivity (Wildman–Crippen MR) is 75.4 cm³/mol. The Kier molecular flexibility index (Phi) is 3.60. The van der Waals surface area contributed by atoms with Crippen LogP contribution in [0.1, 0.15) is 22.9 Å². The Bertz CT molecular complexity index is 627. The summed E-state index contributed by atoms with van der Waals surface area (Å²) in [5.74, 6) is 6.57. The van der Waals surface area contributed by atoms with Crippen LogP contribution in [0.2, 0.25) is 5.02 Å². The van der Waals surface area contributed by atoms with Gasteiger partial charge < -0.3 is 4.74 Å². The molecule has 2 aromatic rings. The molecule has 3 rings (SSSR count). The third kappa shape index (κ3) is 2.49. The number of nitrogens with zero attached hydrogens (tertiary/aromatic N) is 3. The van der Waals surface area contributed by atoms with Crippen molar-refractivity contribution in [1.29, 1.82) is 0 Å². The first-order valence-corrected chi connectivity index (χ1v) is 6.81. The molecule has 6 nitrogen and oxygen atoms in total. The normalized spacial score (nSPS) is 14.9. The molecule has 1 aliphatic heterocycles. The SMILES string of the molecule is Cn1cc(C(Cc2cc(Cl)cc3c2OCC3)NN)nn1. The number of hydrogen-bond acceptors (Lipinski definition) is 5. The Morgan fingerprint density at radius 3 is 3.10 bits per heavy atom. The summed E-state index contributed by atoms with van der Waals surface area (Å²) in [7, 11) is 1.82. The minimum atomic E-state index is -0.129. The zero-order chi connectivity index (χ0) is 14.1. The van der Waals surface area contributed by atoms with Gasteiger partial charge in [0.25, 0.3) is 0 Å².